The zero-order valence-corrected chi connectivity index (χ0v) is 13.4. The zero-order chi connectivity index (χ0) is 15.3. The van der Waals surface area contributed by atoms with E-state index in [9.17, 15) is 9.90 Å². The van der Waals surface area contributed by atoms with Gasteiger partial charge in [0.2, 0.25) is 0 Å². The predicted octanol–water partition coefficient (Wildman–Crippen LogP) is 4.59. The summed E-state index contributed by atoms with van der Waals surface area (Å²) in [6.45, 7) is 12.7. The minimum absolute atomic E-state index is 0.117. The summed E-state index contributed by atoms with van der Waals surface area (Å²) in [5.74, 6) is -0.540. The first-order chi connectivity index (χ1) is 9.09. The van der Waals surface area contributed by atoms with E-state index in [2.05, 4.69) is 58.9 Å². The summed E-state index contributed by atoms with van der Waals surface area (Å²) in [6, 6.07) is 8.53. The van der Waals surface area contributed by atoms with Crippen molar-refractivity contribution in [2.75, 3.05) is 0 Å². The molecular weight excluding hydrogens is 248 g/mol. The van der Waals surface area contributed by atoms with Crippen LogP contribution in [0.2, 0.25) is 0 Å². The van der Waals surface area contributed by atoms with Gasteiger partial charge in [-0.3, -0.25) is 4.79 Å². The number of carboxylic acid groups (broad SMARTS) is 1. The van der Waals surface area contributed by atoms with E-state index in [1.54, 1.807) is 0 Å². The molecule has 0 amide bonds. The Balaban J connectivity index is 2.37. The molecule has 20 heavy (non-hydrogen) atoms. The second-order valence-corrected chi connectivity index (χ2v) is 7.66. The maximum Gasteiger partial charge on any atom is 0.310 e. The molecule has 1 aromatic rings. The Hall–Kier alpha value is -1.31. The number of aliphatic carboxylic acids is 1. The van der Waals surface area contributed by atoms with Crippen LogP contribution in [0.1, 0.15) is 65.0 Å². The van der Waals surface area contributed by atoms with E-state index >= 15 is 0 Å². The van der Waals surface area contributed by atoms with Crippen molar-refractivity contribution in [3.05, 3.63) is 35.4 Å². The highest BCUT2D eigenvalue weighted by Gasteiger charge is 2.74. The lowest BCUT2D eigenvalue weighted by Crippen LogP contribution is -2.20. The van der Waals surface area contributed by atoms with E-state index < -0.39 is 11.4 Å². The molecule has 110 valence electrons. The molecule has 1 N–H and O–H groups in total. The molecule has 2 rings (SSSR count). The monoisotopic (exact) mass is 274 g/mol. The van der Waals surface area contributed by atoms with Gasteiger partial charge in [0.15, 0.2) is 0 Å². The van der Waals surface area contributed by atoms with Gasteiger partial charge in [-0.05, 0) is 28.4 Å². The van der Waals surface area contributed by atoms with Crippen LogP contribution in [0.25, 0.3) is 0 Å². The number of rotatable bonds is 3. The molecule has 2 nitrogen and oxygen atoms in total. The SMILES string of the molecule is CCC1(C(=O)O)C(c2ccc(C(C)(C)C)cc2)C1(C)C. The highest BCUT2D eigenvalue weighted by molar-refractivity contribution is 5.83. The Labute approximate surface area is 122 Å². The van der Waals surface area contributed by atoms with Crippen molar-refractivity contribution in [3.8, 4) is 0 Å². The summed E-state index contributed by atoms with van der Waals surface area (Å²) in [4.78, 5) is 11.7. The second-order valence-electron chi connectivity index (χ2n) is 7.66. The third-order valence-corrected chi connectivity index (χ3v) is 5.33. The van der Waals surface area contributed by atoms with Crippen molar-refractivity contribution in [1.82, 2.24) is 0 Å². The summed E-state index contributed by atoms with van der Waals surface area (Å²) in [7, 11) is 0. The Morgan fingerprint density at radius 3 is 2.00 bits per heavy atom. The fourth-order valence-corrected chi connectivity index (χ4v) is 3.94. The van der Waals surface area contributed by atoms with Crippen molar-refractivity contribution in [2.45, 2.75) is 59.3 Å². The molecule has 0 bridgehead atoms. The van der Waals surface area contributed by atoms with E-state index in [-0.39, 0.29) is 16.7 Å². The fraction of sp³-hybridized carbons (Fsp3) is 0.611. The summed E-state index contributed by atoms with van der Waals surface area (Å²) < 4.78 is 0. The van der Waals surface area contributed by atoms with Crippen LogP contribution in [0.15, 0.2) is 24.3 Å². The maximum atomic E-state index is 11.7. The molecule has 0 heterocycles. The summed E-state index contributed by atoms with van der Waals surface area (Å²) >= 11 is 0. The van der Waals surface area contributed by atoms with Crippen molar-refractivity contribution in [1.29, 1.82) is 0 Å². The lowest BCUT2D eigenvalue weighted by atomic mass is 9.86. The van der Waals surface area contributed by atoms with Gasteiger partial charge in [-0.2, -0.15) is 0 Å². The molecule has 0 saturated heterocycles. The van der Waals surface area contributed by atoms with Gasteiger partial charge in [0.1, 0.15) is 0 Å². The Morgan fingerprint density at radius 2 is 1.70 bits per heavy atom. The molecule has 0 spiro atoms. The number of hydrogen-bond donors (Lipinski definition) is 1. The van der Waals surface area contributed by atoms with Gasteiger partial charge in [0, 0.05) is 5.92 Å². The lowest BCUT2D eigenvalue weighted by molar-refractivity contribution is -0.145. The van der Waals surface area contributed by atoms with Crippen LogP contribution in [0.3, 0.4) is 0 Å². The fourth-order valence-electron chi connectivity index (χ4n) is 3.94. The molecule has 1 saturated carbocycles. The lowest BCUT2D eigenvalue weighted by Gasteiger charge is -2.19. The van der Waals surface area contributed by atoms with Gasteiger partial charge in [-0.25, -0.2) is 0 Å². The standard InChI is InChI=1S/C18H26O2/c1-7-18(15(19)20)14(17(18,5)6)12-8-10-13(11-9-12)16(2,3)4/h8-11,14H,7H2,1-6H3,(H,19,20). The number of benzene rings is 1. The third kappa shape index (κ3) is 1.88. The smallest absolute Gasteiger partial charge is 0.310 e. The number of carboxylic acids is 1. The van der Waals surface area contributed by atoms with Crippen molar-refractivity contribution < 1.29 is 9.90 Å². The number of carbonyl (C=O) groups is 1. The van der Waals surface area contributed by atoms with Crippen molar-refractivity contribution in [2.24, 2.45) is 10.8 Å². The zero-order valence-electron chi connectivity index (χ0n) is 13.4. The summed E-state index contributed by atoms with van der Waals surface area (Å²) in [5, 5.41) is 9.65. The summed E-state index contributed by atoms with van der Waals surface area (Å²) in [5.41, 5.74) is 1.81. The van der Waals surface area contributed by atoms with Crippen molar-refractivity contribution in [3.63, 3.8) is 0 Å². The average molecular weight is 274 g/mol. The van der Waals surface area contributed by atoms with Gasteiger partial charge in [0.05, 0.1) is 5.41 Å². The first-order valence-electron chi connectivity index (χ1n) is 7.43. The van der Waals surface area contributed by atoms with Crippen LogP contribution in [-0.2, 0) is 10.2 Å². The molecule has 2 heteroatoms. The van der Waals surface area contributed by atoms with Crippen LogP contribution < -0.4 is 0 Å². The van der Waals surface area contributed by atoms with Gasteiger partial charge in [-0.1, -0.05) is 65.8 Å². The molecule has 1 fully saturated rings. The van der Waals surface area contributed by atoms with Crippen LogP contribution in [0.5, 0.6) is 0 Å². The number of hydrogen-bond acceptors (Lipinski definition) is 1. The average Bonchev–Trinajstić information content (AvgIpc) is 2.85. The predicted molar refractivity (Wildman–Crippen MR) is 82.0 cm³/mol. The topological polar surface area (TPSA) is 37.3 Å². The van der Waals surface area contributed by atoms with E-state index in [1.807, 2.05) is 6.92 Å². The van der Waals surface area contributed by atoms with E-state index in [1.165, 1.54) is 5.56 Å². The third-order valence-electron chi connectivity index (χ3n) is 5.33. The van der Waals surface area contributed by atoms with E-state index in [0.717, 1.165) is 5.56 Å². The molecule has 0 aliphatic heterocycles. The molecule has 0 aromatic heterocycles. The van der Waals surface area contributed by atoms with E-state index in [4.69, 9.17) is 0 Å². The van der Waals surface area contributed by atoms with Crippen molar-refractivity contribution >= 4 is 5.97 Å². The minimum Gasteiger partial charge on any atom is -0.481 e. The van der Waals surface area contributed by atoms with Crippen LogP contribution in [0.4, 0.5) is 0 Å². The first kappa shape index (κ1) is 15.1. The second kappa shape index (κ2) is 4.34. The summed E-state index contributed by atoms with van der Waals surface area (Å²) in [6.07, 6.45) is 0.682. The highest BCUT2D eigenvalue weighted by atomic mass is 16.4. The van der Waals surface area contributed by atoms with Gasteiger partial charge in [-0.15, -0.1) is 0 Å². The molecule has 0 radical (unpaired) electrons. The van der Waals surface area contributed by atoms with Crippen LogP contribution >= 0.6 is 0 Å². The Morgan fingerprint density at radius 1 is 1.20 bits per heavy atom. The first-order valence-corrected chi connectivity index (χ1v) is 7.43. The molecule has 2 atom stereocenters. The Kier molecular flexibility index (Phi) is 3.27. The van der Waals surface area contributed by atoms with Gasteiger partial charge < -0.3 is 5.11 Å². The molecule has 1 aliphatic rings. The van der Waals surface area contributed by atoms with Crippen LogP contribution in [-0.4, -0.2) is 11.1 Å². The quantitative estimate of drug-likeness (QED) is 0.875. The van der Waals surface area contributed by atoms with Gasteiger partial charge >= 0.3 is 5.97 Å². The molecule has 2 unspecified atom stereocenters. The van der Waals surface area contributed by atoms with Gasteiger partial charge in [0.25, 0.3) is 0 Å². The van der Waals surface area contributed by atoms with Crippen LogP contribution in [0, 0.1) is 10.8 Å². The molecule has 1 aliphatic carbocycles. The molecular formula is C18H26O2. The molecule has 1 aromatic carbocycles. The normalized spacial score (nSPS) is 28.2. The maximum absolute atomic E-state index is 11.7. The minimum atomic E-state index is -0.658. The Bertz CT molecular complexity index is 519. The highest BCUT2D eigenvalue weighted by Crippen LogP contribution is 2.75. The largest absolute Gasteiger partial charge is 0.481 e. The van der Waals surface area contributed by atoms with E-state index in [0.29, 0.717) is 6.42 Å².